The van der Waals surface area contributed by atoms with Crippen molar-refractivity contribution in [3.05, 3.63) is 81.1 Å². The van der Waals surface area contributed by atoms with Crippen molar-refractivity contribution in [1.29, 1.82) is 0 Å². The zero-order valence-corrected chi connectivity index (χ0v) is 21.5. The van der Waals surface area contributed by atoms with E-state index in [-0.39, 0.29) is 33.3 Å². The number of aromatic nitrogens is 1. The molecule has 10 heteroatoms. The molecular weight excluding hydrogens is 499 g/mol. The number of carbonyl (C=O) groups excluding carboxylic acids is 3. The zero-order valence-electron chi connectivity index (χ0n) is 20.7. The molecule has 0 aliphatic carbocycles. The van der Waals surface area contributed by atoms with E-state index in [1.807, 2.05) is 6.92 Å². The number of nitrogens with zero attached hydrogens (tertiary/aromatic N) is 2. The van der Waals surface area contributed by atoms with Crippen molar-refractivity contribution in [2.75, 3.05) is 18.1 Å². The Kier molecular flexibility index (Phi) is 7.40. The summed E-state index contributed by atoms with van der Waals surface area (Å²) < 4.78 is 25.7. The first kappa shape index (κ1) is 26.0. The first-order chi connectivity index (χ1) is 17.7. The second-order valence-corrected chi connectivity index (χ2v) is 9.21. The molecule has 0 spiro atoms. The van der Waals surface area contributed by atoms with Gasteiger partial charge in [0.2, 0.25) is 0 Å². The Morgan fingerprint density at radius 1 is 1.14 bits per heavy atom. The third-order valence-corrected chi connectivity index (χ3v) is 6.98. The Morgan fingerprint density at radius 2 is 1.86 bits per heavy atom. The van der Waals surface area contributed by atoms with Crippen LogP contribution in [-0.4, -0.2) is 41.0 Å². The molecule has 1 saturated heterocycles. The van der Waals surface area contributed by atoms with Crippen molar-refractivity contribution in [2.45, 2.75) is 33.7 Å². The standard InChI is InChI=1S/C27H25FN2O6S/c1-5-35-19-12-11-16(13-14(19)3)22(31)20-21(17-9-7-8-10-18(17)28)30(25(33)23(20)32)27-29-15(4)24(37-27)26(34)36-6-2/h7-13,21,31H,5-6H2,1-4H3/b22-20-. The van der Waals surface area contributed by atoms with E-state index in [2.05, 4.69) is 4.98 Å². The van der Waals surface area contributed by atoms with Crippen molar-refractivity contribution >= 4 is 39.9 Å². The van der Waals surface area contributed by atoms with Crippen molar-refractivity contribution in [2.24, 2.45) is 0 Å². The first-order valence-electron chi connectivity index (χ1n) is 11.6. The molecule has 1 fully saturated rings. The maximum Gasteiger partial charge on any atom is 0.350 e. The maximum atomic E-state index is 15.1. The van der Waals surface area contributed by atoms with Gasteiger partial charge in [0.1, 0.15) is 28.2 Å². The fourth-order valence-corrected chi connectivity index (χ4v) is 5.15. The summed E-state index contributed by atoms with van der Waals surface area (Å²) in [5.74, 6) is -3.14. The van der Waals surface area contributed by atoms with Gasteiger partial charge in [-0.3, -0.25) is 14.5 Å². The van der Waals surface area contributed by atoms with Crippen LogP contribution in [0.1, 0.15) is 51.9 Å². The predicted molar refractivity (Wildman–Crippen MR) is 136 cm³/mol. The van der Waals surface area contributed by atoms with Gasteiger partial charge in [-0.05, 0) is 57.5 Å². The number of hydrogen-bond acceptors (Lipinski definition) is 8. The van der Waals surface area contributed by atoms with Gasteiger partial charge in [-0.15, -0.1) is 0 Å². The number of halogens is 1. The molecule has 2 heterocycles. The predicted octanol–water partition coefficient (Wildman–Crippen LogP) is 5.10. The Hall–Kier alpha value is -4.05. The highest BCUT2D eigenvalue weighted by Crippen LogP contribution is 2.44. The quantitative estimate of drug-likeness (QED) is 0.198. The van der Waals surface area contributed by atoms with Crippen LogP contribution in [-0.2, 0) is 14.3 Å². The van der Waals surface area contributed by atoms with E-state index in [4.69, 9.17) is 9.47 Å². The molecule has 192 valence electrons. The van der Waals surface area contributed by atoms with Gasteiger partial charge >= 0.3 is 11.9 Å². The van der Waals surface area contributed by atoms with E-state index < -0.39 is 35.3 Å². The number of anilines is 1. The number of esters is 1. The fraction of sp³-hybridized carbons (Fsp3) is 0.259. The zero-order chi connectivity index (χ0) is 26.9. The summed E-state index contributed by atoms with van der Waals surface area (Å²) in [4.78, 5) is 44.5. The minimum absolute atomic E-state index is 0.00329. The number of ketones is 1. The highest BCUT2D eigenvalue weighted by atomic mass is 32.1. The lowest BCUT2D eigenvalue weighted by molar-refractivity contribution is -0.132. The topological polar surface area (TPSA) is 106 Å². The number of amides is 1. The smallest absolute Gasteiger partial charge is 0.350 e. The van der Waals surface area contributed by atoms with Crippen molar-refractivity contribution in [3.8, 4) is 5.75 Å². The number of hydrogen-bond donors (Lipinski definition) is 1. The second kappa shape index (κ2) is 10.5. The summed E-state index contributed by atoms with van der Waals surface area (Å²) >= 11 is 0.858. The SMILES string of the molecule is CCOC(=O)c1sc(N2C(=O)C(=O)/C(=C(\O)c3ccc(OCC)c(C)c3)C2c2ccccc2F)nc1C. The van der Waals surface area contributed by atoms with Crippen molar-refractivity contribution in [1.82, 2.24) is 4.98 Å². The number of carbonyl (C=O) groups is 3. The molecule has 8 nitrogen and oxygen atoms in total. The average Bonchev–Trinajstić information content (AvgIpc) is 3.37. The van der Waals surface area contributed by atoms with Crippen LogP contribution in [0.15, 0.2) is 48.0 Å². The molecule has 0 bridgehead atoms. The molecular formula is C27H25FN2O6S. The molecule has 1 amide bonds. The number of Topliss-reactive ketones (excluding diaryl/α,β-unsaturated/α-hetero) is 1. The van der Waals surface area contributed by atoms with Crippen LogP contribution in [0.5, 0.6) is 5.75 Å². The average molecular weight is 525 g/mol. The lowest BCUT2D eigenvalue weighted by Gasteiger charge is -2.23. The molecule has 1 aromatic heterocycles. The molecule has 1 unspecified atom stereocenters. The normalized spacial score (nSPS) is 16.8. The molecule has 1 atom stereocenters. The molecule has 0 radical (unpaired) electrons. The third-order valence-electron chi connectivity index (χ3n) is 5.84. The molecule has 4 rings (SSSR count). The highest BCUT2D eigenvalue weighted by Gasteiger charge is 2.49. The van der Waals surface area contributed by atoms with E-state index >= 15 is 4.39 Å². The van der Waals surface area contributed by atoms with Crippen LogP contribution in [0, 0.1) is 19.7 Å². The van der Waals surface area contributed by atoms with Gasteiger partial charge < -0.3 is 14.6 Å². The Bertz CT molecular complexity index is 1430. The largest absolute Gasteiger partial charge is 0.507 e. The van der Waals surface area contributed by atoms with Crippen LogP contribution in [0.3, 0.4) is 0 Å². The van der Waals surface area contributed by atoms with Gasteiger partial charge in [-0.25, -0.2) is 14.2 Å². The van der Waals surface area contributed by atoms with E-state index in [0.29, 0.717) is 23.6 Å². The molecule has 37 heavy (non-hydrogen) atoms. The Labute approximate surface area is 217 Å². The van der Waals surface area contributed by atoms with Crippen LogP contribution < -0.4 is 9.64 Å². The van der Waals surface area contributed by atoms with E-state index in [0.717, 1.165) is 16.2 Å². The minimum atomic E-state index is -1.31. The number of benzene rings is 2. The van der Waals surface area contributed by atoms with Crippen LogP contribution in [0.25, 0.3) is 5.76 Å². The minimum Gasteiger partial charge on any atom is -0.507 e. The summed E-state index contributed by atoms with van der Waals surface area (Å²) in [6.45, 7) is 7.46. The summed E-state index contributed by atoms with van der Waals surface area (Å²) in [6, 6.07) is 9.20. The van der Waals surface area contributed by atoms with Gasteiger partial charge in [-0.2, -0.15) is 0 Å². The molecule has 1 aliphatic rings. The van der Waals surface area contributed by atoms with Crippen molar-refractivity contribution < 1.29 is 33.4 Å². The number of ether oxygens (including phenoxy) is 2. The van der Waals surface area contributed by atoms with Gasteiger partial charge in [0, 0.05) is 11.1 Å². The van der Waals surface area contributed by atoms with Gasteiger partial charge in [0.25, 0.3) is 5.78 Å². The molecule has 1 N–H and O–H groups in total. The highest BCUT2D eigenvalue weighted by molar-refractivity contribution is 7.17. The van der Waals surface area contributed by atoms with Crippen LogP contribution >= 0.6 is 11.3 Å². The lowest BCUT2D eigenvalue weighted by Crippen LogP contribution is -2.29. The van der Waals surface area contributed by atoms with Gasteiger partial charge in [0.05, 0.1) is 24.5 Å². The fourth-order valence-electron chi connectivity index (χ4n) is 4.16. The molecule has 3 aromatic rings. The number of rotatable bonds is 7. The van der Waals surface area contributed by atoms with Crippen LogP contribution in [0.2, 0.25) is 0 Å². The van der Waals surface area contributed by atoms with Crippen LogP contribution in [0.4, 0.5) is 9.52 Å². The number of aryl methyl sites for hydroxylation is 2. The van der Waals surface area contributed by atoms with E-state index in [1.165, 1.54) is 18.2 Å². The second-order valence-electron chi connectivity index (χ2n) is 8.24. The Morgan fingerprint density at radius 3 is 2.51 bits per heavy atom. The maximum absolute atomic E-state index is 15.1. The van der Waals surface area contributed by atoms with Gasteiger partial charge in [0.15, 0.2) is 5.13 Å². The monoisotopic (exact) mass is 524 g/mol. The number of thiazole rings is 1. The molecule has 0 saturated carbocycles. The number of aliphatic hydroxyl groups excluding tert-OH is 1. The van der Waals surface area contributed by atoms with E-state index in [1.54, 1.807) is 45.0 Å². The molecule has 1 aliphatic heterocycles. The summed E-state index contributed by atoms with van der Waals surface area (Å²) in [6.07, 6.45) is 0. The lowest BCUT2D eigenvalue weighted by atomic mass is 9.94. The summed E-state index contributed by atoms with van der Waals surface area (Å²) in [7, 11) is 0. The third kappa shape index (κ3) is 4.72. The molecule has 2 aromatic carbocycles. The summed E-state index contributed by atoms with van der Waals surface area (Å²) in [5.41, 5.74) is 0.982. The Balaban J connectivity index is 1.91. The summed E-state index contributed by atoms with van der Waals surface area (Å²) in [5, 5.41) is 11.3. The first-order valence-corrected chi connectivity index (χ1v) is 12.4. The number of aliphatic hydroxyl groups is 1. The van der Waals surface area contributed by atoms with Crippen molar-refractivity contribution in [3.63, 3.8) is 0 Å². The van der Waals surface area contributed by atoms with Gasteiger partial charge in [-0.1, -0.05) is 29.5 Å². The van der Waals surface area contributed by atoms with E-state index in [9.17, 15) is 19.5 Å².